The Morgan fingerprint density at radius 2 is 1.93 bits per heavy atom. The fraction of sp³-hybridized carbons (Fsp3) is 0.545. The van der Waals surface area contributed by atoms with Crippen LogP contribution in [-0.2, 0) is 29.0 Å². The number of amides is 1. The molecule has 1 aromatic heterocycles. The molecular weight excluding hydrogens is 518 g/mol. The van der Waals surface area contributed by atoms with E-state index in [0.29, 0.717) is 30.6 Å². The van der Waals surface area contributed by atoms with Crippen molar-refractivity contribution in [2.45, 2.75) is 105 Å². The summed E-state index contributed by atoms with van der Waals surface area (Å²) in [5.41, 5.74) is 8.06. The van der Waals surface area contributed by atoms with Crippen LogP contribution in [0.4, 0.5) is 0 Å². The Kier molecular flexibility index (Phi) is 13.3. The highest BCUT2D eigenvalue weighted by molar-refractivity contribution is 5.91. The molecule has 3 rings (SSSR count). The van der Waals surface area contributed by atoms with Gasteiger partial charge in [0, 0.05) is 24.9 Å². The molecule has 8 heteroatoms. The highest BCUT2D eigenvalue weighted by Gasteiger charge is 2.33. The number of ether oxygens (including phenoxy) is 1. The van der Waals surface area contributed by atoms with Crippen LogP contribution in [-0.4, -0.2) is 45.1 Å². The van der Waals surface area contributed by atoms with Gasteiger partial charge in [-0.2, -0.15) is 0 Å². The number of aliphatic carboxylic acids is 1. The summed E-state index contributed by atoms with van der Waals surface area (Å²) in [6.07, 6.45) is 12.1. The maximum atomic E-state index is 12.7. The number of carboxylic acids is 1. The van der Waals surface area contributed by atoms with Crippen molar-refractivity contribution in [1.82, 2.24) is 9.88 Å². The van der Waals surface area contributed by atoms with Crippen LogP contribution < -0.4 is 10.5 Å². The van der Waals surface area contributed by atoms with Crippen molar-refractivity contribution >= 4 is 18.0 Å². The van der Waals surface area contributed by atoms with Crippen LogP contribution >= 0.6 is 0 Å². The van der Waals surface area contributed by atoms with E-state index < -0.39 is 12.0 Å². The van der Waals surface area contributed by atoms with E-state index in [0.717, 1.165) is 48.3 Å². The van der Waals surface area contributed by atoms with E-state index in [-0.39, 0.29) is 24.4 Å². The third kappa shape index (κ3) is 12.3. The molecule has 0 radical (unpaired) electrons. The molecule has 0 bridgehead atoms. The average molecular weight is 568 g/mol. The van der Waals surface area contributed by atoms with Crippen molar-refractivity contribution in [2.75, 3.05) is 6.61 Å². The van der Waals surface area contributed by atoms with Gasteiger partial charge in [-0.05, 0) is 88.3 Å². The lowest BCUT2D eigenvalue weighted by Crippen LogP contribution is -2.48. The molecule has 0 aliphatic carbocycles. The van der Waals surface area contributed by atoms with Gasteiger partial charge in [0.15, 0.2) is 0 Å². The van der Waals surface area contributed by atoms with Gasteiger partial charge in [0.1, 0.15) is 17.6 Å². The highest BCUT2D eigenvalue weighted by Crippen LogP contribution is 2.28. The van der Waals surface area contributed by atoms with E-state index in [1.54, 1.807) is 6.08 Å². The van der Waals surface area contributed by atoms with Crippen LogP contribution in [0.1, 0.15) is 95.7 Å². The first-order valence-corrected chi connectivity index (χ1v) is 14.6. The number of benzene rings is 1. The van der Waals surface area contributed by atoms with Gasteiger partial charge < -0.3 is 24.9 Å². The zero-order chi connectivity index (χ0) is 30.6. The zero-order valence-electron chi connectivity index (χ0n) is 25.9. The Morgan fingerprint density at radius 1 is 1.22 bits per heavy atom. The largest absolute Gasteiger partial charge is 0.493 e. The molecule has 1 amide bonds. The molecule has 0 saturated carbocycles. The van der Waals surface area contributed by atoms with Crippen molar-refractivity contribution in [3.63, 3.8) is 0 Å². The highest BCUT2D eigenvalue weighted by atomic mass is 16.5. The monoisotopic (exact) mass is 567 g/mol. The second-order valence-corrected chi connectivity index (χ2v) is 12.0. The number of nitrogens with two attached hydrogens (primary N) is 1. The fourth-order valence-corrected chi connectivity index (χ4v) is 4.18. The first kappa shape index (κ1) is 33.8. The molecule has 2 aromatic rings. The number of aromatic nitrogens is 1. The van der Waals surface area contributed by atoms with Gasteiger partial charge in [0.2, 0.25) is 11.8 Å². The average Bonchev–Trinajstić information content (AvgIpc) is 3.23. The normalized spacial score (nSPS) is 15.2. The van der Waals surface area contributed by atoms with Gasteiger partial charge in [-0.3, -0.25) is 4.79 Å². The molecule has 1 aromatic carbocycles. The minimum atomic E-state index is -0.990. The summed E-state index contributed by atoms with van der Waals surface area (Å²) in [6.45, 7) is 14.9. The smallest absolute Gasteiger partial charge is 0.326 e. The van der Waals surface area contributed by atoms with Gasteiger partial charge in [0.05, 0.1) is 12.3 Å². The molecule has 8 nitrogen and oxygen atoms in total. The first-order valence-electron chi connectivity index (χ1n) is 14.6. The van der Waals surface area contributed by atoms with E-state index in [9.17, 15) is 14.7 Å². The van der Waals surface area contributed by atoms with Crippen LogP contribution in [0.15, 0.2) is 40.8 Å². The van der Waals surface area contributed by atoms with Crippen LogP contribution in [0, 0.1) is 12.8 Å². The lowest BCUT2D eigenvalue weighted by molar-refractivity contribution is -0.149. The molecule has 1 aliphatic heterocycles. The molecule has 2 heterocycles. The van der Waals surface area contributed by atoms with E-state index >= 15 is 0 Å². The number of carboxylic acid groups (broad SMARTS) is 1. The lowest BCUT2D eigenvalue weighted by Gasteiger charge is -2.34. The minimum absolute atomic E-state index is 0. The number of fused-ring (bicyclic) bond motifs is 1. The lowest BCUT2D eigenvalue weighted by atomic mass is 9.93. The second kappa shape index (κ2) is 16.2. The van der Waals surface area contributed by atoms with Gasteiger partial charge >= 0.3 is 5.97 Å². The van der Waals surface area contributed by atoms with Crippen molar-refractivity contribution in [1.29, 1.82) is 0 Å². The summed E-state index contributed by atoms with van der Waals surface area (Å²) in [4.78, 5) is 30.5. The quantitative estimate of drug-likeness (QED) is 0.281. The molecule has 1 aliphatic rings. The Morgan fingerprint density at radius 3 is 2.56 bits per heavy atom. The maximum absolute atomic E-state index is 12.7. The predicted octanol–water partition coefficient (Wildman–Crippen LogP) is 6.49. The van der Waals surface area contributed by atoms with Gasteiger partial charge in [-0.15, -0.1) is 0 Å². The van der Waals surface area contributed by atoms with Gasteiger partial charge in [-0.1, -0.05) is 45.4 Å². The summed E-state index contributed by atoms with van der Waals surface area (Å²) in [6, 6.07) is 4.79. The van der Waals surface area contributed by atoms with Crippen molar-refractivity contribution in [3.8, 4) is 5.75 Å². The van der Waals surface area contributed by atoms with Crippen LogP contribution in [0.25, 0.3) is 6.08 Å². The summed E-state index contributed by atoms with van der Waals surface area (Å²) in [7, 11) is 0. The van der Waals surface area contributed by atoms with E-state index in [4.69, 9.17) is 14.9 Å². The third-order valence-corrected chi connectivity index (χ3v) is 6.28. The molecule has 0 unspecified atom stereocenters. The number of rotatable bonds is 12. The molecule has 0 spiro atoms. The maximum Gasteiger partial charge on any atom is 0.326 e. The SMILES string of the molecule is CC(C)(C)N.CCC/C=C/C(=O)N1Cc2cc(OCCc3nc(/C=C/CCC(C)C)oc3C)ccc2C[C@H]1C(=O)O. The van der Waals surface area contributed by atoms with Crippen molar-refractivity contribution in [3.05, 3.63) is 64.9 Å². The summed E-state index contributed by atoms with van der Waals surface area (Å²) in [5.74, 6) is 1.50. The van der Waals surface area contributed by atoms with Gasteiger partial charge in [-0.25, -0.2) is 9.78 Å². The topological polar surface area (TPSA) is 119 Å². The minimum Gasteiger partial charge on any atom is -0.493 e. The summed E-state index contributed by atoms with van der Waals surface area (Å²) >= 11 is 0. The number of carbonyl (C=O) groups excluding carboxylic acids is 1. The first-order chi connectivity index (χ1) is 19.3. The van der Waals surface area contributed by atoms with E-state index in [1.165, 1.54) is 11.0 Å². The number of nitrogens with zero attached hydrogens (tertiary/aromatic N) is 2. The molecule has 3 N–H and O–H groups in total. The third-order valence-electron chi connectivity index (χ3n) is 6.28. The zero-order valence-corrected chi connectivity index (χ0v) is 25.9. The Balaban J connectivity index is 0.00000108. The number of unbranched alkanes of at least 4 members (excludes halogenated alkanes) is 1. The molecule has 0 fully saturated rings. The van der Waals surface area contributed by atoms with Crippen LogP contribution in [0.5, 0.6) is 5.75 Å². The van der Waals surface area contributed by atoms with Crippen molar-refractivity contribution in [2.24, 2.45) is 11.7 Å². The summed E-state index contributed by atoms with van der Waals surface area (Å²) < 4.78 is 11.7. The van der Waals surface area contributed by atoms with Gasteiger partial charge in [0.25, 0.3) is 0 Å². The van der Waals surface area contributed by atoms with Crippen LogP contribution in [0.2, 0.25) is 0 Å². The molecule has 226 valence electrons. The second-order valence-electron chi connectivity index (χ2n) is 12.0. The van der Waals surface area contributed by atoms with E-state index in [1.807, 2.05) is 58.9 Å². The summed E-state index contributed by atoms with van der Waals surface area (Å²) in [5, 5.41) is 9.68. The number of hydrogen-bond acceptors (Lipinski definition) is 6. The number of oxazole rings is 1. The van der Waals surface area contributed by atoms with Crippen LogP contribution in [0.3, 0.4) is 0 Å². The number of allylic oxidation sites excluding steroid dienone is 2. The standard InChI is InChI=1S/C29H38N2O5.C4H11N/c1-5-6-7-12-28(32)31-19-23-17-24(14-13-22(23)18-26(31)29(33)34)35-16-15-25-21(4)36-27(30-25)11-9-8-10-20(2)3;1-4(2,3)5/h7,9,11-14,17,20,26H,5-6,8,10,15-16,18-19H2,1-4H3,(H,33,34);5H2,1-3H3/b11-9+,12-7+;/t26-;/m0./s1. The number of aryl methyl sites for hydroxylation is 1. The Bertz CT molecular complexity index is 1180. The molecule has 1 atom stereocenters. The molecule has 41 heavy (non-hydrogen) atoms. The van der Waals surface area contributed by atoms with E-state index in [2.05, 4.69) is 24.9 Å². The fourth-order valence-electron chi connectivity index (χ4n) is 4.18. The number of carbonyl (C=O) groups is 2. The molecular formula is C33H49N3O5. The molecule has 0 saturated heterocycles. The Labute approximate surface area is 245 Å². The number of hydrogen-bond donors (Lipinski definition) is 2. The Hall–Kier alpha value is -3.39. The predicted molar refractivity (Wildman–Crippen MR) is 164 cm³/mol. The van der Waals surface area contributed by atoms with Crippen molar-refractivity contribution < 1.29 is 23.8 Å².